The first-order chi connectivity index (χ1) is 10.6. The number of aliphatic hydroxyl groups is 2. The zero-order chi connectivity index (χ0) is 15.7. The Kier molecular flexibility index (Phi) is 4.41. The molecule has 1 fully saturated rings. The molecule has 9 nitrogen and oxygen atoms in total. The third-order valence-electron chi connectivity index (χ3n) is 3.62. The van der Waals surface area contributed by atoms with Gasteiger partial charge in [-0.2, -0.15) is 0 Å². The summed E-state index contributed by atoms with van der Waals surface area (Å²) in [7, 11) is 0. The first kappa shape index (κ1) is 15.4. The number of halogens is 1. The normalized spacial score (nSPS) is 28.5. The van der Waals surface area contributed by atoms with E-state index in [1.54, 1.807) is 4.57 Å². The van der Waals surface area contributed by atoms with Gasteiger partial charge in [0.05, 0.1) is 6.33 Å². The zero-order valence-electron chi connectivity index (χ0n) is 11.6. The molecule has 3 rings (SSSR count). The predicted octanol–water partition coefficient (Wildman–Crippen LogP) is -1.14. The highest BCUT2D eigenvalue weighted by Gasteiger charge is 2.44. The quantitative estimate of drug-likeness (QED) is 0.400. The number of aromatic nitrogens is 4. The largest absolute Gasteiger partial charge is 0.387 e. The highest BCUT2D eigenvalue weighted by Crippen LogP contribution is 2.31. The predicted molar refractivity (Wildman–Crippen MR) is 79.2 cm³/mol. The van der Waals surface area contributed by atoms with Crippen LogP contribution in [-0.4, -0.2) is 67.0 Å². The molecule has 0 radical (unpaired) electrons. The zero-order valence-corrected chi connectivity index (χ0v) is 12.4. The average molecular weight is 329 g/mol. The van der Waals surface area contributed by atoms with Gasteiger partial charge in [0.2, 0.25) is 0 Å². The van der Waals surface area contributed by atoms with Crippen molar-refractivity contribution in [3.8, 4) is 0 Å². The lowest BCUT2D eigenvalue weighted by atomic mass is 10.1. The summed E-state index contributed by atoms with van der Waals surface area (Å²) in [6.45, 7) is 0.970. The van der Waals surface area contributed by atoms with E-state index in [2.05, 4.69) is 20.3 Å². The fourth-order valence-corrected chi connectivity index (χ4v) is 2.63. The standard InChI is InChI=1S/C12H17ClN6O3/c13-1-2-15-3-6-8(20)9(21)12(22-6)19-5-18-7-10(14)16-4-17-11(7)19/h4-6,8-9,12,15,20-21H,1-3H2,(H2,14,16,17)/t6-,8?,9?,12-/m1/s1. The third-order valence-corrected chi connectivity index (χ3v) is 3.80. The summed E-state index contributed by atoms with van der Waals surface area (Å²) < 4.78 is 7.29. The lowest BCUT2D eigenvalue weighted by Gasteiger charge is -2.16. The molecule has 2 unspecified atom stereocenters. The van der Waals surface area contributed by atoms with Crippen molar-refractivity contribution in [3.63, 3.8) is 0 Å². The molecule has 5 N–H and O–H groups in total. The van der Waals surface area contributed by atoms with Gasteiger partial charge in [0.15, 0.2) is 17.7 Å². The fraction of sp³-hybridized carbons (Fsp3) is 0.583. The molecule has 0 amide bonds. The van der Waals surface area contributed by atoms with Gasteiger partial charge in [-0.15, -0.1) is 11.6 Å². The minimum absolute atomic E-state index is 0.247. The maximum Gasteiger partial charge on any atom is 0.167 e. The van der Waals surface area contributed by atoms with Crippen LogP contribution >= 0.6 is 11.6 Å². The number of ether oxygens (including phenoxy) is 1. The van der Waals surface area contributed by atoms with Crippen LogP contribution in [0.5, 0.6) is 0 Å². The van der Waals surface area contributed by atoms with Crippen LogP contribution in [0.4, 0.5) is 5.82 Å². The SMILES string of the molecule is Nc1ncnc2c1ncn2[C@@H]1O[C@H](CNCCCl)C(O)C1O. The molecule has 0 bridgehead atoms. The summed E-state index contributed by atoms with van der Waals surface area (Å²) in [5.74, 6) is 0.703. The molecule has 1 aliphatic heterocycles. The van der Waals surface area contributed by atoms with Crippen LogP contribution in [-0.2, 0) is 4.74 Å². The number of imidazole rings is 1. The van der Waals surface area contributed by atoms with Gasteiger partial charge in [-0.3, -0.25) is 4.57 Å². The van der Waals surface area contributed by atoms with Gasteiger partial charge < -0.3 is 26.0 Å². The molecule has 1 saturated heterocycles. The van der Waals surface area contributed by atoms with Crippen molar-refractivity contribution >= 4 is 28.6 Å². The van der Waals surface area contributed by atoms with Crippen molar-refractivity contribution in [2.45, 2.75) is 24.5 Å². The molecule has 3 heterocycles. The van der Waals surface area contributed by atoms with Crippen molar-refractivity contribution in [1.29, 1.82) is 0 Å². The Morgan fingerprint density at radius 1 is 1.32 bits per heavy atom. The van der Waals surface area contributed by atoms with E-state index in [1.807, 2.05) is 0 Å². The van der Waals surface area contributed by atoms with Crippen molar-refractivity contribution in [2.75, 3.05) is 24.7 Å². The second-order valence-corrected chi connectivity index (χ2v) is 5.40. The van der Waals surface area contributed by atoms with Crippen LogP contribution in [0.1, 0.15) is 6.23 Å². The molecule has 120 valence electrons. The summed E-state index contributed by atoms with van der Waals surface area (Å²) in [5.41, 5.74) is 6.61. The van der Waals surface area contributed by atoms with E-state index >= 15 is 0 Å². The summed E-state index contributed by atoms with van der Waals surface area (Å²) in [6, 6.07) is 0. The Hall–Kier alpha value is -1.52. The molecular weight excluding hydrogens is 312 g/mol. The molecule has 22 heavy (non-hydrogen) atoms. The van der Waals surface area contributed by atoms with Crippen LogP contribution in [0.3, 0.4) is 0 Å². The van der Waals surface area contributed by atoms with E-state index < -0.39 is 24.5 Å². The highest BCUT2D eigenvalue weighted by atomic mass is 35.5. The molecule has 0 saturated carbocycles. The number of hydrogen-bond donors (Lipinski definition) is 4. The molecule has 2 aromatic heterocycles. The Morgan fingerprint density at radius 3 is 2.91 bits per heavy atom. The molecule has 10 heteroatoms. The maximum atomic E-state index is 10.2. The number of rotatable bonds is 5. The smallest absolute Gasteiger partial charge is 0.167 e. The second-order valence-electron chi connectivity index (χ2n) is 5.02. The Labute approximate surface area is 131 Å². The molecule has 1 aliphatic rings. The van der Waals surface area contributed by atoms with Gasteiger partial charge >= 0.3 is 0 Å². The second kappa shape index (κ2) is 6.31. The van der Waals surface area contributed by atoms with Crippen molar-refractivity contribution in [2.24, 2.45) is 0 Å². The van der Waals surface area contributed by atoms with Gasteiger partial charge in [-0.25, -0.2) is 15.0 Å². The van der Waals surface area contributed by atoms with E-state index in [4.69, 9.17) is 22.1 Å². The topological polar surface area (TPSA) is 131 Å². The molecule has 0 aromatic carbocycles. The molecular formula is C12H17ClN6O3. The summed E-state index contributed by atoms with van der Waals surface area (Å²) in [6.07, 6.45) is -0.698. The monoisotopic (exact) mass is 328 g/mol. The lowest BCUT2D eigenvalue weighted by molar-refractivity contribution is -0.0340. The van der Waals surface area contributed by atoms with E-state index in [9.17, 15) is 10.2 Å². The molecule has 0 spiro atoms. The van der Waals surface area contributed by atoms with Gasteiger partial charge in [-0.1, -0.05) is 0 Å². The number of nitrogens with one attached hydrogen (secondary N) is 1. The fourth-order valence-electron chi connectivity index (χ4n) is 2.50. The number of alkyl halides is 1. The molecule has 2 aromatic rings. The van der Waals surface area contributed by atoms with Gasteiger partial charge in [0.1, 0.15) is 30.2 Å². The first-order valence-corrected chi connectivity index (χ1v) is 7.38. The highest BCUT2D eigenvalue weighted by molar-refractivity contribution is 6.18. The third kappa shape index (κ3) is 2.61. The lowest BCUT2D eigenvalue weighted by Crippen LogP contribution is -2.38. The molecule has 0 aliphatic carbocycles. The van der Waals surface area contributed by atoms with Crippen molar-refractivity contribution in [3.05, 3.63) is 12.7 Å². The van der Waals surface area contributed by atoms with Gasteiger partial charge in [0, 0.05) is 19.0 Å². The van der Waals surface area contributed by atoms with Gasteiger partial charge in [-0.05, 0) is 0 Å². The van der Waals surface area contributed by atoms with E-state index in [0.29, 0.717) is 30.1 Å². The summed E-state index contributed by atoms with van der Waals surface area (Å²) in [4.78, 5) is 12.1. The summed E-state index contributed by atoms with van der Waals surface area (Å²) in [5, 5.41) is 23.4. The average Bonchev–Trinajstić information content (AvgIpc) is 3.05. The minimum Gasteiger partial charge on any atom is -0.387 e. The van der Waals surface area contributed by atoms with E-state index in [0.717, 1.165) is 0 Å². The van der Waals surface area contributed by atoms with E-state index in [-0.39, 0.29) is 5.82 Å². The molecule has 4 atom stereocenters. The number of anilines is 1. The van der Waals surface area contributed by atoms with Crippen LogP contribution in [0.2, 0.25) is 0 Å². The van der Waals surface area contributed by atoms with Crippen LogP contribution < -0.4 is 11.1 Å². The van der Waals surface area contributed by atoms with Crippen LogP contribution in [0, 0.1) is 0 Å². The number of nitrogens with two attached hydrogens (primary N) is 1. The number of fused-ring (bicyclic) bond motifs is 1. The minimum atomic E-state index is -1.10. The van der Waals surface area contributed by atoms with Crippen LogP contribution in [0.25, 0.3) is 11.2 Å². The number of aliphatic hydroxyl groups excluding tert-OH is 2. The van der Waals surface area contributed by atoms with Crippen molar-refractivity contribution in [1.82, 2.24) is 24.8 Å². The van der Waals surface area contributed by atoms with Crippen molar-refractivity contribution < 1.29 is 14.9 Å². The Balaban J connectivity index is 1.83. The summed E-state index contributed by atoms with van der Waals surface area (Å²) >= 11 is 5.59. The van der Waals surface area contributed by atoms with E-state index in [1.165, 1.54) is 12.7 Å². The number of nitrogens with zero attached hydrogens (tertiary/aromatic N) is 4. The van der Waals surface area contributed by atoms with Gasteiger partial charge in [0.25, 0.3) is 0 Å². The maximum absolute atomic E-state index is 10.2. The Bertz CT molecular complexity index is 653. The van der Waals surface area contributed by atoms with Crippen LogP contribution in [0.15, 0.2) is 12.7 Å². The first-order valence-electron chi connectivity index (χ1n) is 6.84. The number of hydrogen-bond acceptors (Lipinski definition) is 8. The number of nitrogen functional groups attached to an aromatic ring is 1. The Morgan fingerprint density at radius 2 is 2.14 bits per heavy atom.